The molecule has 1 N–H and O–H groups in total. The maximum Gasteiger partial charge on any atom is 0.0713 e. The van der Waals surface area contributed by atoms with Gasteiger partial charge in [0.2, 0.25) is 0 Å². The van der Waals surface area contributed by atoms with E-state index < -0.39 is 0 Å². The zero-order chi connectivity index (χ0) is 13.2. The molecule has 5 atom stereocenters. The summed E-state index contributed by atoms with van der Waals surface area (Å²) in [6, 6.07) is 0. The Hall–Kier alpha value is -0.0800. The highest BCUT2D eigenvalue weighted by Gasteiger charge is 2.63. The number of rotatable bonds is 0. The predicted octanol–water partition coefficient (Wildman–Crippen LogP) is 3.38. The summed E-state index contributed by atoms with van der Waals surface area (Å²) in [5, 5.41) is 10.7. The van der Waals surface area contributed by atoms with Gasteiger partial charge in [-0.2, -0.15) is 0 Å². The first-order valence-corrected chi connectivity index (χ1v) is 7.62. The highest BCUT2D eigenvalue weighted by Crippen LogP contribution is 2.64. The summed E-state index contributed by atoms with van der Waals surface area (Å²) >= 11 is 0. The fourth-order valence-electron chi connectivity index (χ4n) is 6.06. The van der Waals surface area contributed by atoms with E-state index in [1.807, 2.05) is 0 Å². The van der Waals surface area contributed by atoms with Crippen LogP contribution in [-0.2, 0) is 4.74 Å². The maximum absolute atomic E-state index is 10.7. The monoisotopic (exact) mass is 252 g/mol. The van der Waals surface area contributed by atoms with Gasteiger partial charge >= 0.3 is 0 Å². The van der Waals surface area contributed by atoms with Crippen LogP contribution in [0.2, 0.25) is 0 Å². The standard InChI is InChI=1S/C16H28O2/c1-14(2)7-5-8-15(3)12-6-9-18-16(12,4)10-11(17)13(14)15/h11-13,17H,5-10H2,1-4H3/t11-,12+,13-,15+,16+/m0/s1. The highest BCUT2D eigenvalue weighted by molar-refractivity contribution is 5.12. The van der Waals surface area contributed by atoms with Crippen molar-refractivity contribution < 1.29 is 9.84 Å². The second-order valence-electron chi connectivity index (χ2n) is 8.10. The third-order valence-corrected chi connectivity index (χ3v) is 6.46. The van der Waals surface area contributed by atoms with Crippen molar-refractivity contribution in [1.82, 2.24) is 0 Å². The van der Waals surface area contributed by atoms with Crippen LogP contribution in [0.15, 0.2) is 0 Å². The van der Waals surface area contributed by atoms with E-state index in [2.05, 4.69) is 27.7 Å². The van der Waals surface area contributed by atoms with Gasteiger partial charge in [-0.1, -0.05) is 27.2 Å². The zero-order valence-electron chi connectivity index (χ0n) is 12.3. The summed E-state index contributed by atoms with van der Waals surface area (Å²) in [6.45, 7) is 10.3. The molecule has 2 nitrogen and oxygen atoms in total. The van der Waals surface area contributed by atoms with Crippen LogP contribution >= 0.6 is 0 Å². The minimum Gasteiger partial charge on any atom is -0.393 e. The van der Waals surface area contributed by atoms with Crippen molar-refractivity contribution in [3.63, 3.8) is 0 Å². The third kappa shape index (κ3) is 1.54. The van der Waals surface area contributed by atoms with Gasteiger partial charge in [0, 0.05) is 13.0 Å². The molecule has 0 amide bonds. The van der Waals surface area contributed by atoms with E-state index in [0.29, 0.717) is 11.8 Å². The van der Waals surface area contributed by atoms with Gasteiger partial charge in [-0.3, -0.25) is 0 Å². The molecule has 0 radical (unpaired) electrons. The average molecular weight is 252 g/mol. The molecule has 18 heavy (non-hydrogen) atoms. The van der Waals surface area contributed by atoms with E-state index >= 15 is 0 Å². The van der Waals surface area contributed by atoms with Gasteiger partial charge in [-0.25, -0.2) is 0 Å². The molecule has 0 aromatic heterocycles. The molecule has 2 heteroatoms. The zero-order valence-corrected chi connectivity index (χ0v) is 12.3. The Morgan fingerprint density at radius 1 is 1.11 bits per heavy atom. The first-order valence-electron chi connectivity index (χ1n) is 7.62. The SMILES string of the molecule is CC1(C)CCC[C@]2(C)[C@H]3CCO[C@]3(C)C[C@H](O)[C@@H]12. The summed E-state index contributed by atoms with van der Waals surface area (Å²) in [4.78, 5) is 0. The lowest BCUT2D eigenvalue weighted by atomic mass is 9.45. The third-order valence-electron chi connectivity index (χ3n) is 6.46. The Bertz CT molecular complexity index is 351. The van der Waals surface area contributed by atoms with Gasteiger partial charge in [0.25, 0.3) is 0 Å². The quantitative estimate of drug-likeness (QED) is 0.716. The van der Waals surface area contributed by atoms with Crippen LogP contribution in [0, 0.1) is 22.7 Å². The van der Waals surface area contributed by atoms with Crippen LogP contribution in [0.25, 0.3) is 0 Å². The lowest BCUT2D eigenvalue weighted by molar-refractivity contribution is -0.197. The van der Waals surface area contributed by atoms with E-state index in [1.165, 1.54) is 25.7 Å². The normalized spacial score (nSPS) is 54.8. The maximum atomic E-state index is 10.7. The van der Waals surface area contributed by atoms with Crippen LogP contribution < -0.4 is 0 Å². The molecule has 0 aromatic rings. The predicted molar refractivity (Wildman–Crippen MR) is 72.3 cm³/mol. The molecule has 2 aliphatic carbocycles. The van der Waals surface area contributed by atoms with E-state index in [9.17, 15) is 5.11 Å². The Morgan fingerprint density at radius 2 is 1.83 bits per heavy atom. The summed E-state index contributed by atoms with van der Waals surface area (Å²) in [5.74, 6) is 1.08. The molecule has 104 valence electrons. The number of hydrogen-bond acceptors (Lipinski definition) is 2. The van der Waals surface area contributed by atoms with Crippen molar-refractivity contribution in [3.05, 3.63) is 0 Å². The van der Waals surface area contributed by atoms with Crippen molar-refractivity contribution >= 4 is 0 Å². The molecule has 0 aromatic carbocycles. The van der Waals surface area contributed by atoms with Gasteiger partial charge in [-0.15, -0.1) is 0 Å². The molecule has 1 heterocycles. The fraction of sp³-hybridized carbons (Fsp3) is 1.00. The van der Waals surface area contributed by atoms with Crippen LogP contribution in [-0.4, -0.2) is 23.4 Å². The summed E-state index contributed by atoms with van der Waals surface area (Å²) in [7, 11) is 0. The van der Waals surface area contributed by atoms with Crippen molar-refractivity contribution in [2.75, 3.05) is 6.61 Å². The smallest absolute Gasteiger partial charge is 0.0713 e. The molecule has 0 spiro atoms. The molecular formula is C16H28O2. The Balaban J connectivity index is 2.04. The van der Waals surface area contributed by atoms with Gasteiger partial charge in [-0.05, 0) is 48.9 Å². The van der Waals surface area contributed by atoms with Crippen molar-refractivity contribution in [2.24, 2.45) is 22.7 Å². The topological polar surface area (TPSA) is 29.5 Å². The number of hydrogen-bond donors (Lipinski definition) is 1. The molecule has 3 aliphatic rings. The van der Waals surface area contributed by atoms with Gasteiger partial charge in [0.05, 0.1) is 11.7 Å². The number of aliphatic hydroxyl groups is 1. The molecule has 1 saturated heterocycles. The minimum atomic E-state index is -0.190. The Labute approximate surface area is 111 Å². The van der Waals surface area contributed by atoms with Crippen LogP contribution in [0.1, 0.15) is 59.8 Å². The molecule has 3 rings (SSSR count). The first-order chi connectivity index (χ1) is 8.30. The van der Waals surface area contributed by atoms with Gasteiger partial charge < -0.3 is 9.84 Å². The van der Waals surface area contributed by atoms with Crippen molar-refractivity contribution in [1.29, 1.82) is 0 Å². The van der Waals surface area contributed by atoms with E-state index in [1.54, 1.807) is 0 Å². The number of fused-ring (bicyclic) bond motifs is 3. The molecule has 0 bridgehead atoms. The molecular weight excluding hydrogens is 224 g/mol. The number of aliphatic hydroxyl groups excluding tert-OH is 1. The number of ether oxygens (including phenoxy) is 1. The van der Waals surface area contributed by atoms with Gasteiger partial charge in [0.15, 0.2) is 0 Å². The highest BCUT2D eigenvalue weighted by atomic mass is 16.5. The van der Waals surface area contributed by atoms with Crippen LogP contribution in [0.5, 0.6) is 0 Å². The fourth-order valence-corrected chi connectivity index (χ4v) is 6.06. The second kappa shape index (κ2) is 3.73. The van der Waals surface area contributed by atoms with Crippen molar-refractivity contribution in [2.45, 2.75) is 71.5 Å². The van der Waals surface area contributed by atoms with E-state index in [0.717, 1.165) is 13.0 Å². The average Bonchev–Trinajstić information content (AvgIpc) is 2.58. The second-order valence-corrected chi connectivity index (χ2v) is 8.10. The van der Waals surface area contributed by atoms with Gasteiger partial charge in [0.1, 0.15) is 0 Å². The molecule has 0 unspecified atom stereocenters. The Kier molecular flexibility index (Phi) is 2.68. The molecule has 3 fully saturated rings. The Morgan fingerprint density at radius 3 is 2.56 bits per heavy atom. The minimum absolute atomic E-state index is 0.0713. The molecule has 1 aliphatic heterocycles. The molecule has 2 saturated carbocycles. The van der Waals surface area contributed by atoms with E-state index in [4.69, 9.17) is 4.74 Å². The summed E-state index contributed by atoms with van der Waals surface area (Å²) in [5.41, 5.74) is 0.471. The van der Waals surface area contributed by atoms with E-state index in [-0.39, 0.29) is 22.5 Å². The van der Waals surface area contributed by atoms with Crippen molar-refractivity contribution in [3.8, 4) is 0 Å². The van der Waals surface area contributed by atoms with Crippen LogP contribution in [0.4, 0.5) is 0 Å². The lowest BCUT2D eigenvalue weighted by Gasteiger charge is -2.61. The van der Waals surface area contributed by atoms with Crippen LogP contribution in [0.3, 0.4) is 0 Å². The summed E-state index contributed by atoms with van der Waals surface area (Å²) < 4.78 is 6.04. The summed E-state index contributed by atoms with van der Waals surface area (Å²) in [6.07, 6.45) is 5.66. The lowest BCUT2D eigenvalue weighted by Crippen LogP contribution is -2.61. The largest absolute Gasteiger partial charge is 0.393 e. The first kappa shape index (κ1) is 12.9.